The van der Waals surface area contributed by atoms with Crippen molar-refractivity contribution >= 4 is 25.6 Å². The van der Waals surface area contributed by atoms with E-state index in [0.717, 1.165) is 37.5 Å². The highest BCUT2D eigenvalue weighted by Gasteiger charge is 2.27. The smallest absolute Gasteiger partial charge is 0.262 e. The molecule has 1 saturated carbocycles. The van der Waals surface area contributed by atoms with Gasteiger partial charge in [0.2, 0.25) is 0 Å². The molecule has 7 heteroatoms. The van der Waals surface area contributed by atoms with Crippen molar-refractivity contribution in [1.82, 2.24) is 4.90 Å². The predicted octanol–water partition coefficient (Wildman–Crippen LogP) is 3.02. The van der Waals surface area contributed by atoms with Gasteiger partial charge in [-0.1, -0.05) is 6.42 Å². The van der Waals surface area contributed by atoms with E-state index in [0.29, 0.717) is 19.0 Å². The molecule has 0 N–H and O–H groups in total. The molecule has 116 valence electrons. The first kappa shape index (κ1) is 16.2. The maximum atomic E-state index is 13.4. The van der Waals surface area contributed by atoms with Crippen LogP contribution in [0.25, 0.3) is 0 Å². The number of hydrogen-bond donors (Lipinski definition) is 0. The Bertz CT molecular complexity index is 644. The van der Waals surface area contributed by atoms with Gasteiger partial charge in [0.25, 0.3) is 15.0 Å². The summed E-state index contributed by atoms with van der Waals surface area (Å²) in [5, 5.41) is 0. The van der Waals surface area contributed by atoms with Gasteiger partial charge < -0.3 is 4.90 Å². The van der Waals surface area contributed by atoms with Crippen molar-refractivity contribution in [3.63, 3.8) is 0 Å². The van der Waals surface area contributed by atoms with Gasteiger partial charge in [-0.15, -0.1) is 0 Å². The molecule has 1 amide bonds. The van der Waals surface area contributed by atoms with E-state index >= 15 is 0 Å². The molecule has 0 aromatic heterocycles. The van der Waals surface area contributed by atoms with E-state index in [2.05, 4.69) is 0 Å². The number of hydrogen-bond acceptors (Lipinski definition) is 3. The molecule has 0 unspecified atom stereocenters. The third-order valence-electron chi connectivity index (χ3n) is 3.81. The first-order chi connectivity index (χ1) is 9.82. The van der Waals surface area contributed by atoms with Crippen molar-refractivity contribution in [2.24, 2.45) is 5.92 Å². The number of halogens is 2. The van der Waals surface area contributed by atoms with Crippen LogP contribution < -0.4 is 0 Å². The molecule has 0 aliphatic heterocycles. The van der Waals surface area contributed by atoms with Gasteiger partial charge in [0.05, 0.1) is 10.5 Å². The Balaban J connectivity index is 2.34. The minimum atomic E-state index is -4.10. The standard InChI is InChI=1S/C14H17ClFNO3S/c1-2-17(9-10-4-3-5-10)14(18)12-8-11(16)6-7-13(12)21(15,19)20/h6-8,10H,2-5,9H2,1H3. The lowest BCUT2D eigenvalue weighted by Crippen LogP contribution is -2.37. The van der Waals surface area contributed by atoms with E-state index in [-0.39, 0.29) is 10.5 Å². The van der Waals surface area contributed by atoms with Crippen LogP contribution in [-0.4, -0.2) is 32.3 Å². The van der Waals surface area contributed by atoms with Crippen LogP contribution in [0.5, 0.6) is 0 Å². The van der Waals surface area contributed by atoms with Crippen molar-refractivity contribution in [2.45, 2.75) is 31.1 Å². The predicted molar refractivity (Wildman–Crippen MR) is 78.4 cm³/mol. The number of carbonyl (C=O) groups excluding carboxylic acids is 1. The van der Waals surface area contributed by atoms with E-state index in [1.165, 1.54) is 0 Å². The second kappa shape index (κ2) is 6.32. The second-order valence-electron chi connectivity index (χ2n) is 5.22. The van der Waals surface area contributed by atoms with Crippen LogP contribution in [0.15, 0.2) is 23.1 Å². The molecule has 2 rings (SSSR count). The van der Waals surface area contributed by atoms with Crippen LogP contribution in [0.1, 0.15) is 36.5 Å². The first-order valence-corrected chi connectivity index (χ1v) is 9.17. The Morgan fingerprint density at radius 3 is 2.57 bits per heavy atom. The lowest BCUT2D eigenvalue weighted by molar-refractivity contribution is 0.0702. The van der Waals surface area contributed by atoms with Crippen molar-refractivity contribution in [1.29, 1.82) is 0 Å². The zero-order chi connectivity index (χ0) is 15.6. The Hall–Kier alpha value is -1.14. The van der Waals surface area contributed by atoms with E-state index in [1.807, 2.05) is 6.92 Å². The zero-order valence-corrected chi connectivity index (χ0v) is 13.3. The summed E-state index contributed by atoms with van der Waals surface area (Å²) in [6, 6.07) is 2.94. The summed E-state index contributed by atoms with van der Waals surface area (Å²) in [4.78, 5) is 13.7. The van der Waals surface area contributed by atoms with Crippen molar-refractivity contribution in [2.75, 3.05) is 13.1 Å². The van der Waals surface area contributed by atoms with Crippen LogP contribution in [0.3, 0.4) is 0 Å². The normalized spacial score (nSPS) is 15.6. The minimum Gasteiger partial charge on any atom is -0.339 e. The van der Waals surface area contributed by atoms with Crippen LogP contribution in [-0.2, 0) is 9.05 Å². The highest BCUT2D eigenvalue weighted by molar-refractivity contribution is 8.13. The summed E-state index contributed by atoms with van der Waals surface area (Å²) < 4.78 is 36.5. The Morgan fingerprint density at radius 2 is 2.10 bits per heavy atom. The number of nitrogens with zero attached hydrogens (tertiary/aromatic N) is 1. The van der Waals surface area contributed by atoms with Crippen LogP contribution in [0.4, 0.5) is 4.39 Å². The average molecular weight is 334 g/mol. The van der Waals surface area contributed by atoms with Crippen LogP contribution in [0, 0.1) is 11.7 Å². The van der Waals surface area contributed by atoms with Crippen LogP contribution >= 0.6 is 10.7 Å². The largest absolute Gasteiger partial charge is 0.339 e. The quantitative estimate of drug-likeness (QED) is 0.778. The molecule has 1 aromatic carbocycles. The number of rotatable bonds is 5. The highest BCUT2D eigenvalue weighted by Crippen LogP contribution is 2.28. The molecule has 0 radical (unpaired) electrons. The fourth-order valence-electron chi connectivity index (χ4n) is 2.39. The first-order valence-electron chi connectivity index (χ1n) is 6.86. The van der Waals surface area contributed by atoms with Gasteiger partial charge in [0.15, 0.2) is 0 Å². The third kappa shape index (κ3) is 3.74. The summed E-state index contributed by atoms with van der Waals surface area (Å²) in [5.41, 5.74) is -0.203. The molecule has 1 aromatic rings. The molecule has 1 aliphatic rings. The Morgan fingerprint density at radius 1 is 1.43 bits per heavy atom. The molecule has 0 heterocycles. The third-order valence-corrected chi connectivity index (χ3v) is 5.19. The molecule has 1 fully saturated rings. The lowest BCUT2D eigenvalue weighted by atomic mass is 9.85. The highest BCUT2D eigenvalue weighted by atomic mass is 35.7. The van der Waals surface area contributed by atoms with Gasteiger partial charge in [-0.05, 0) is 43.9 Å². The second-order valence-corrected chi connectivity index (χ2v) is 7.75. The summed E-state index contributed by atoms with van der Waals surface area (Å²) in [5.74, 6) is -0.719. The topological polar surface area (TPSA) is 54.5 Å². The van der Waals surface area contributed by atoms with Crippen molar-refractivity contribution in [3.8, 4) is 0 Å². The molecule has 4 nitrogen and oxygen atoms in total. The maximum absolute atomic E-state index is 13.4. The van der Waals surface area contributed by atoms with E-state index in [1.54, 1.807) is 4.90 Å². The van der Waals surface area contributed by atoms with Gasteiger partial charge in [0, 0.05) is 23.8 Å². The Kier molecular flexibility index (Phi) is 4.88. The van der Waals surface area contributed by atoms with Gasteiger partial charge in [0.1, 0.15) is 5.82 Å². The van der Waals surface area contributed by atoms with E-state index in [9.17, 15) is 17.6 Å². The molecule has 0 saturated heterocycles. The molecular formula is C14H17ClFNO3S. The fraction of sp³-hybridized carbons (Fsp3) is 0.500. The molecule has 0 bridgehead atoms. The van der Waals surface area contributed by atoms with E-state index in [4.69, 9.17) is 10.7 Å². The summed E-state index contributed by atoms with van der Waals surface area (Å²) in [7, 11) is 1.23. The molecular weight excluding hydrogens is 317 g/mol. The molecule has 0 atom stereocenters. The van der Waals surface area contributed by atoms with Gasteiger partial charge in [-0.25, -0.2) is 12.8 Å². The summed E-state index contributed by atoms with van der Waals surface area (Å²) in [6.45, 7) is 2.81. The van der Waals surface area contributed by atoms with Crippen molar-refractivity contribution in [3.05, 3.63) is 29.6 Å². The summed E-state index contributed by atoms with van der Waals surface area (Å²) >= 11 is 0. The van der Waals surface area contributed by atoms with E-state index < -0.39 is 20.8 Å². The fourth-order valence-corrected chi connectivity index (χ4v) is 3.44. The summed E-state index contributed by atoms with van der Waals surface area (Å²) in [6.07, 6.45) is 3.28. The van der Waals surface area contributed by atoms with Crippen molar-refractivity contribution < 1.29 is 17.6 Å². The monoisotopic (exact) mass is 333 g/mol. The number of benzene rings is 1. The minimum absolute atomic E-state index is 0.203. The van der Waals surface area contributed by atoms with Gasteiger partial charge >= 0.3 is 0 Å². The average Bonchev–Trinajstić information content (AvgIpc) is 2.35. The Labute approximate surface area is 128 Å². The number of amides is 1. The molecule has 21 heavy (non-hydrogen) atoms. The SMILES string of the molecule is CCN(CC1CCC1)C(=O)c1cc(F)ccc1S(=O)(=O)Cl. The van der Waals surface area contributed by atoms with Crippen LogP contribution in [0.2, 0.25) is 0 Å². The van der Waals surface area contributed by atoms with Gasteiger partial charge in [-0.3, -0.25) is 4.79 Å². The lowest BCUT2D eigenvalue weighted by Gasteiger charge is -2.32. The molecule has 1 aliphatic carbocycles. The number of carbonyl (C=O) groups is 1. The maximum Gasteiger partial charge on any atom is 0.262 e. The molecule has 0 spiro atoms. The zero-order valence-electron chi connectivity index (χ0n) is 11.7. The van der Waals surface area contributed by atoms with Gasteiger partial charge in [-0.2, -0.15) is 0 Å².